The number of alkyl carbamates (subject to hydrolysis) is 1. The van der Waals surface area contributed by atoms with Crippen molar-refractivity contribution >= 4 is 29.6 Å². The normalized spacial score (nSPS) is 11.6. The Morgan fingerprint density at radius 3 is 2.09 bits per heavy atom. The lowest BCUT2D eigenvalue weighted by Gasteiger charge is -2.19. The highest BCUT2D eigenvalue weighted by Crippen LogP contribution is 2.14. The minimum absolute atomic E-state index is 0.0500. The van der Waals surface area contributed by atoms with Gasteiger partial charge in [0.15, 0.2) is 5.69 Å². The zero-order valence-electron chi connectivity index (χ0n) is 24.8. The predicted molar refractivity (Wildman–Crippen MR) is 164 cm³/mol. The van der Waals surface area contributed by atoms with Gasteiger partial charge in [-0.25, -0.2) is 14.6 Å². The number of benzene rings is 3. The van der Waals surface area contributed by atoms with Crippen molar-refractivity contribution in [3.8, 4) is 0 Å². The Morgan fingerprint density at radius 1 is 0.818 bits per heavy atom. The van der Waals surface area contributed by atoms with Gasteiger partial charge in [0.25, 0.3) is 11.8 Å². The molecule has 3 amide bonds. The van der Waals surface area contributed by atoms with Gasteiger partial charge < -0.3 is 30.4 Å². The number of hydrogen-bond acceptors (Lipinski definition) is 7. The third-order valence-corrected chi connectivity index (χ3v) is 6.23. The number of H-pyrrole nitrogens is 1. The third kappa shape index (κ3) is 9.55. The molecule has 0 bridgehead atoms. The molecule has 1 heterocycles. The lowest BCUT2D eigenvalue weighted by atomic mass is 10.1. The summed E-state index contributed by atoms with van der Waals surface area (Å²) in [5.74, 6) is -1.92. The number of hydrogen-bond donors (Lipinski definition) is 4. The van der Waals surface area contributed by atoms with Crippen LogP contribution in [0.5, 0.6) is 0 Å². The van der Waals surface area contributed by atoms with Gasteiger partial charge in [-0.15, -0.1) is 0 Å². The molecular formula is C33H35N5O6. The van der Waals surface area contributed by atoms with E-state index in [1.54, 1.807) is 45.0 Å². The number of rotatable bonds is 11. The number of anilines is 1. The molecule has 0 fully saturated rings. The summed E-state index contributed by atoms with van der Waals surface area (Å²) in [4.78, 5) is 58.1. The van der Waals surface area contributed by atoms with Crippen LogP contribution in [-0.2, 0) is 33.8 Å². The lowest BCUT2D eigenvalue weighted by molar-refractivity contribution is -0.147. The van der Waals surface area contributed by atoms with Crippen LogP contribution in [0.15, 0.2) is 91.3 Å². The van der Waals surface area contributed by atoms with Gasteiger partial charge in [0.2, 0.25) is 0 Å². The molecule has 228 valence electrons. The number of aromatic nitrogens is 2. The first kappa shape index (κ1) is 31.5. The average Bonchev–Trinajstić information content (AvgIpc) is 3.50. The smallest absolute Gasteiger partial charge is 0.407 e. The summed E-state index contributed by atoms with van der Waals surface area (Å²) in [5, 5.41) is 8.08. The van der Waals surface area contributed by atoms with Gasteiger partial charge in [-0.2, -0.15) is 0 Å². The second kappa shape index (κ2) is 14.6. The van der Waals surface area contributed by atoms with Gasteiger partial charge in [0, 0.05) is 18.7 Å². The van der Waals surface area contributed by atoms with Crippen LogP contribution in [-0.4, -0.2) is 45.5 Å². The molecule has 44 heavy (non-hydrogen) atoms. The summed E-state index contributed by atoms with van der Waals surface area (Å²) in [6.45, 7) is 5.63. The Morgan fingerprint density at radius 2 is 1.45 bits per heavy atom. The number of ether oxygens (including phenoxy) is 2. The molecule has 0 aliphatic carbocycles. The standard InChI is InChI=1S/C33H35N5O6/c1-33(2,3)44-32(42)34-19-23-14-16-25(17-15-23)37-29(39)27-28(36-21-35-27)30(40)38-26(18-22-10-6-4-7-11-22)31(41)43-20-24-12-8-5-9-13-24/h4-17,21,26H,18-20H2,1-3H3,(H,34,42)(H,35,36)(H,37,39)(H,38,40)/t26-/m0/s1. The topological polar surface area (TPSA) is 152 Å². The molecule has 4 aromatic rings. The van der Waals surface area contributed by atoms with Crippen LogP contribution < -0.4 is 16.0 Å². The molecule has 0 aliphatic heterocycles. The molecule has 11 nitrogen and oxygen atoms in total. The first-order valence-electron chi connectivity index (χ1n) is 14.0. The van der Waals surface area contributed by atoms with Crippen LogP contribution >= 0.6 is 0 Å². The molecule has 4 N–H and O–H groups in total. The molecule has 4 rings (SSSR count). The van der Waals surface area contributed by atoms with Gasteiger partial charge in [-0.1, -0.05) is 72.8 Å². The Labute approximate surface area is 255 Å². The highest BCUT2D eigenvalue weighted by molar-refractivity contribution is 6.10. The molecule has 1 aromatic heterocycles. The minimum atomic E-state index is -1.02. The van der Waals surface area contributed by atoms with E-state index in [0.717, 1.165) is 16.7 Å². The maximum atomic E-state index is 13.3. The molecule has 0 aliphatic rings. The van der Waals surface area contributed by atoms with E-state index >= 15 is 0 Å². The Balaban J connectivity index is 1.39. The van der Waals surface area contributed by atoms with Crippen LogP contribution in [0.2, 0.25) is 0 Å². The molecule has 0 saturated carbocycles. The van der Waals surface area contributed by atoms with Crippen LogP contribution in [0.3, 0.4) is 0 Å². The Kier molecular flexibility index (Phi) is 10.5. The van der Waals surface area contributed by atoms with E-state index in [2.05, 4.69) is 25.9 Å². The summed E-state index contributed by atoms with van der Waals surface area (Å²) in [5.41, 5.74) is 2.03. The fourth-order valence-electron chi connectivity index (χ4n) is 4.13. The zero-order valence-corrected chi connectivity index (χ0v) is 24.8. The number of carbonyl (C=O) groups excluding carboxylic acids is 4. The number of carbonyl (C=O) groups is 4. The van der Waals surface area contributed by atoms with Gasteiger partial charge in [-0.3, -0.25) is 9.59 Å². The van der Waals surface area contributed by atoms with Crippen LogP contribution in [0.25, 0.3) is 0 Å². The largest absolute Gasteiger partial charge is 0.459 e. The maximum Gasteiger partial charge on any atom is 0.407 e. The molecule has 1 atom stereocenters. The van der Waals surface area contributed by atoms with E-state index in [9.17, 15) is 19.2 Å². The maximum absolute atomic E-state index is 13.3. The van der Waals surface area contributed by atoms with E-state index < -0.39 is 35.5 Å². The molecule has 0 saturated heterocycles. The van der Waals surface area contributed by atoms with Crippen molar-refractivity contribution in [2.24, 2.45) is 0 Å². The van der Waals surface area contributed by atoms with Gasteiger partial charge in [-0.05, 0) is 49.6 Å². The lowest BCUT2D eigenvalue weighted by Crippen LogP contribution is -2.44. The molecule has 11 heteroatoms. The number of aromatic amines is 1. The minimum Gasteiger partial charge on any atom is -0.459 e. The van der Waals surface area contributed by atoms with Crippen LogP contribution in [0.4, 0.5) is 10.5 Å². The fourth-order valence-corrected chi connectivity index (χ4v) is 4.13. The highest BCUT2D eigenvalue weighted by Gasteiger charge is 2.27. The zero-order chi connectivity index (χ0) is 31.5. The first-order chi connectivity index (χ1) is 21.1. The molecular weight excluding hydrogens is 562 g/mol. The number of esters is 1. The summed E-state index contributed by atoms with van der Waals surface area (Å²) in [6, 6.07) is 24.2. The molecule has 0 spiro atoms. The second-order valence-corrected chi connectivity index (χ2v) is 10.9. The monoisotopic (exact) mass is 597 g/mol. The SMILES string of the molecule is CC(C)(C)OC(=O)NCc1ccc(NC(=O)c2nc[nH]c2C(=O)N[C@@H](Cc2ccccc2)C(=O)OCc2ccccc2)cc1. The second-order valence-electron chi connectivity index (χ2n) is 10.9. The van der Waals surface area contributed by atoms with Crippen molar-refractivity contribution in [2.75, 3.05) is 5.32 Å². The summed E-state index contributed by atoms with van der Waals surface area (Å²) >= 11 is 0. The first-order valence-corrected chi connectivity index (χ1v) is 14.0. The van der Waals surface area contributed by atoms with Crippen LogP contribution in [0.1, 0.15) is 58.4 Å². The van der Waals surface area contributed by atoms with E-state index in [1.807, 2.05) is 60.7 Å². The average molecular weight is 598 g/mol. The van der Waals surface area contributed by atoms with Crippen molar-refractivity contribution in [1.29, 1.82) is 0 Å². The van der Waals surface area contributed by atoms with Crippen molar-refractivity contribution in [3.05, 3.63) is 119 Å². The van der Waals surface area contributed by atoms with Crippen molar-refractivity contribution in [2.45, 2.75) is 52.0 Å². The Hall–Kier alpha value is -5.45. The Bertz CT molecular complexity index is 1560. The predicted octanol–water partition coefficient (Wildman–Crippen LogP) is 4.77. The number of imidazole rings is 1. The van der Waals surface area contributed by atoms with Crippen LogP contribution in [0, 0.1) is 0 Å². The van der Waals surface area contributed by atoms with E-state index in [4.69, 9.17) is 9.47 Å². The summed E-state index contributed by atoms with van der Waals surface area (Å²) < 4.78 is 10.7. The summed E-state index contributed by atoms with van der Waals surface area (Å²) in [6.07, 6.45) is 0.884. The van der Waals surface area contributed by atoms with Gasteiger partial charge >= 0.3 is 12.1 Å². The quantitative estimate of drug-likeness (QED) is 0.182. The molecule has 3 aromatic carbocycles. The highest BCUT2D eigenvalue weighted by atomic mass is 16.6. The van der Waals surface area contributed by atoms with Crippen molar-refractivity contribution in [3.63, 3.8) is 0 Å². The van der Waals surface area contributed by atoms with E-state index in [1.165, 1.54) is 6.33 Å². The molecule has 0 unspecified atom stereocenters. The fraction of sp³-hybridized carbons (Fsp3) is 0.242. The van der Waals surface area contributed by atoms with Gasteiger partial charge in [0.1, 0.15) is 23.9 Å². The number of amides is 3. The third-order valence-electron chi connectivity index (χ3n) is 6.23. The van der Waals surface area contributed by atoms with Crippen molar-refractivity contribution in [1.82, 2.24) is 20.6 Å². The number of nitrogens with zero attached hydrogens (tertiary/aromatic N) is 1. The van der Waals surface area contributed by atoms with Crippen molar-refractivity contribution < 1.29 is 28.7 Å². The van der Waals surface area contributed by atoms with E-state index in [0.29, 0.717) is 5.69 Å². The summed E-state index contributed by atoms with van der Waals surface area (Å²) in [7, 11) is 0. The molecule has 0 radical (unpaired) electrons. The van der Waals surface area contributed by atoms with E-state index in [-0.39, 0.29) is 31.0 Å². The van der Waals surface area contributed by atoms with Gasteiger partial charge in [0.05, 0.1) is 6.33 Å². The number of nitrogens with one attached hydrogen (secondary N) is 4.